The molecule has 0 saturated heterocycles. The standard InChI is InChI=1S/C17H24N2OS/c1-11(2)16-17(13(4)18)21-15(19-16)9-10-20-14-7-5-12(3)6-8-14/h5-8,11,13H,9-10,18H2,1-4H3. The maximum absolute atomic E-state index is 6.04. The largest absolute Gasteiger partial charge is 0.493 e. The van der Waals surface area contributed by atoms with Crippen LogP contribution in [0.3, 0.4) is 0 Å². The van der Waals surface area contributed by atoms with Crippen LogP contribution in [0.15, 0.2) is 24.3 Å². The SMILES string of the molecule is Cc1ccc(OCCc2nc(C(C)C)c(C(C)N)s2)cc1. The maximum atomic E-state index is 6.04. The molecule has 0 aliphatic heterocycles. The van der Waals surface area contributed by atoms with Crippen LogP contribution < -0.4 is 10.5 Å². The highest BCUT2D eigenvalue weighted by Gasteiger charge is 2.16. The topological polar surface area (TPSA) is 48.1 Å². The van der Waals surface area contributed by atoms with Gasteiger partial charge in [0.05, 0.1) is 17.3 Å². The van der Waals surface area contributed by atoms with E-state index >= 15 is 0 Å². The van der Waals surface area contributed by atoms with Crippen molar-refractivity contribution >= 4 is 11.3 Å². The predicted octanol–water partition coefficient (Wildman–Crippen LogP) is 4.22. The van der Waals surface area contributed by atoms with E-state index in [4.69, 9.17) is 15.5 Å². The number of nitrogens with zero attached hydrogens (tertiary/aromatic N) is 1. The summed E-state index contributed by atoms with van der Waals surface area (Å²) in [7, 11) is 0. The highest BCUT2D eigenvalue weighted by Crippen LogP contribution is 2.29. The van der Waals surface area contributed by atoms with Crippen molar-refractivity contribution in [1.29, 1.82) is 0 Å². The molecule has 2 N–H and O–H groups in total. The number of aryl methyl sites for hydroxylation is 1. The van der Waals surface area contributed by atoms with E-state index in [1.165, 1.54) is 10.4 Å². The summed E-state index contributed by atoms with van der Waals surface area (Å²) in [6.45, 7) is 9.06. The van der Waals surface area contributed by atoms with Crippen molar-refractivity contribution in [3.8, 4) is 5.75 Å². The van der Waals surface area contributed by atoms with Gasteiger partial charge in [0.1, 0.15) is 5.75 Å². The van der Waals surface area contributed by atoms with Crippen molar-refractivity contribution in [2.24, 2.45) is 5.73 Å². The molecule has 4 heteroatoms. The summed E-state index contributed by atoms with van der Waals surface area (Å²) in [6, 6.07) is 8.17. The van der Waals surface area contributed by atoms with Gasteiger partial charge in [-0.3, -0.25) is 0 Å². The van der Waals surface area contributed by atoms with E-state index in [0.29, 0.717) is 12.5 Å². The summed E-state index contributed by atoms with van der Waals surface area (Å²) in [5, 5.41) is 1.11. The molecule has 0 fully saturated rings. The number of aromatic nitrogens is 1. The Bertz CT molecular complexity index is 547. The van der Waals surface area contributed by atoms with Crippen LogP contribution in [0, 0.1) is 6.92 Å². The van der Waals surface area contributed by atoms with Crippen LogP contribution in [-0.4, -0.2) is 11.6 Å². The lowest BCUT2D eigenvalue weighted by Crippen LogP contribution is -2.06. The van der Waals surface area contributed by atoms with E-state index in [1.807, 2.05) is 19.1 Å². The molecule has 114 valence electrons. The first-order valence-electron chi connectivity index (χ1n) is 7.42. The predicted molar refractivity (Wildman–Crippen MR) is 89.2 cm³/mol. The summed E-state index contributed by atoms with van der Waals surface area (Å²) >= 11 is 1.72. The summed E-state index contributed by atoms with van der Waals surface area (Å²) < 4.78 is 5.77. The van der Waals surface area contributed by atoms with E-state index in [-0.39, 0.29) is 6.04 Å². The third-order valence-electron chi connectivity index (χ3n) is 3.29. The summed E-state index contributed by atoms with van der Waals surface area (Å²) in [6.07, 6.45) is 0.824. The fourth-order valence-electron chi connectivity index (χ4n) is 2.13. The average molecular weight is 304 g/mol. The minimum Gasteiger partial charge on any atom is -0.493 e. The van der Waals surface area contributed by atoms with E-state index in [2.05, 4.69) is 32.9 Å². The maximum Gasteiger partial charge on any atom is 0.119 e. The third-order valence-corrected chi connectivity index (χ3v) is 4.62. The van der Waals surface area contributed by atoms with Gasteiger partial charge in [0.15, 0.2) is 0 Å². The average Bonchev–Trinajstić information content (AvgIpc) is 2.86. The van der Waals surface area contributed by atoms with Gasteiger partial charge in [0.2, 0.25) is 0 Å². The van der Waals surface area contributed by atoms with Crippen LogP contribution >= 0.6 is 11.3 Å². The fourth-order valence-corrected chi connectivity index (χ4v) is 3.28. The number of rotatable bonds is 6. The molecular formula is C17H24N2OS. The normalized spacial score (nSPS) is 12.7. The van der Waals surface area contributed by atoms with Crippen molar-refractivity contribution in [2.75, 3.05) is 6.61 Å². The van der Waals surface area contributed by atoms with Gasteiger partial charge in [-0.05, 0) is 31.9 Å². The van der Waals surface area contributed by atoms with E-state index in [0.717, 1.165) is 22.9 Å². The minimum absolute atomic E-state index is 0.0478. The number of ether oxygens (including phenoxy) is 1. The van der Waals surface area contributed by atoms with Crippen LogP contribution in [0.1, 0.15) is 53.9 Å². The smallest absolute Gasteiger partial charge is 0.119 e. The van der Waals surface area contributed by atoms with Crippen molar-refractivity contribution in [2.45, 2.75) is 46.1 Å². The van der Waals surface area contributed by atoms with Gasteiger partial charge in [-0.15, -0.1) is 11.3 Å². The van der Waals surface area contributed by atoms with Crippen molar-refractivity contribution in [3.63, 3.8) is 0 Å². The van der Waals surface area contributed by atoms with Crippen molar-refractivity contribution in [1.82, 2.24) is 4.98 Å². The molecule has 1 heterocycles. The molecule has 0 spiro atoms. The van der Waals surface area contributed by atoms with Gasteiger partial charge in [-0.2, -0.15) is 0 Å². The molecule has 0 aliphatic rings. The number of thiazole rings is 1. The van der Waals surface area contributed by atoms with E-state index in [9.17, 15) is 0 Å². The third kappa shape index (κ3) is 4.29. The summed E-state index contributed by atoms with van der Waals surface area (Å²) in [4.78, 5) is 5.94. The minimum atomic E-state index is 0.0478. The molecule has 1 unspecified atom stereocenters. The van der Waals surface area contributed by atoms with Gasteiger partial charge in [0.25, 0.3) is 0 Å². The molecule has 2 aromatic rings. The number of hydrogen-bond donors (Lipinski definition) is 1. The molecule has 0 radical (unpaired) electrons. The zero-order chi connectivity index (χ0) is 15.4. The number of benzene rings is 1. The van der Waals surface area contributed by atoms with Gasteiger partial charge < -0.3 is 10.5 Å². The molecule has 1 aromatic carbocycles. The van der Waals surface area contributed by atoms with Gasteiger partial charge in [-0.25, -0.2) is 4.98 Å². The van der Waals surface area contributed by atoms with Gasteiger partial charge in [-0.1, -0.05) is 31.5 Å². The molecular weight excluding hydrogens is 280 g/mol. The van der Waals surface area contributed by atoms with Crippen LogP contribution in [-0.2, 0) is 6.42 Å². The zero-order valence-corrected chi connectivity index (χ0v) is 14.0. The Morgan fingerprint density at radius 2 is 1.86 bits per heavy atom. The highest BCUT2D eigenvalue weighted by molar-refractivity contribution is 7.11. The lowest BCUT2D eigenvalue weighted by atomic mass is 10.1. The Morgan fingerprint density at radius 3 is 2.38 bits per heavy atom. The number of nitrogens with two attached hydrogens (primary N) is 1. The zero-order valence-electron chi connectivity index (χ0n) is 13.2. The summed E-state index contributed by atoms with van der Waals surface area (Å²) in [5.41, 5.74) is 8.42. The molecule has 0 aliphatic carbocycles. The fraction of sp³-hybridized carbons (Fsp3) is 0.471. The molecule has 1 atom stereocenters. The molecule has 0 saturated carbocycles. The Hall–Kier alpha value is -1.39. The first kappa shape index (κ1) is 16.0. The molecule has 3 nitrogen and oxygen atoms in total. The first-order valence-corrected chi connectivity index (χ1v) is 8.23. The van der Waals surface area contributed by atoms with E-state index < -0.39 is 0 Å². The second-order valence-corrected chi connectivity index (χ2v) is 6.83. The molecule has 21 heavy (non-hydrogen) atoms. The van der Waals surface area contributed by atoms with Crippen LogP contribution in [0.25, 0.3) is 0 Å². The van der Waals surface area contributed by atoms with Crippen LogP contribution in [0.2, 0.25) is 0 Å². The summed E-state index contributed by atoms with van der Waals surface area (Å²) in [5.74, 6) is 1.32. The van der Waals surface area contributed by atoms with Crippen molar-refractivity contribution < 1.29 is 4.74 Å². The number of hydrogen-bond acceptors (Lipinski definition) is 4. The monoisotopic (exact) mass is 304 g/mol. The second-order valence-electron chi connectivity index (χ2n) is 5.71. The highest BCUT2D eigenvalue weighted by atomic mass is 32.1. The first-order chi connectivity index (χ1) is 9.97. The Morgan fingerprint density at radius 1 is 1.19 bits per heavy atom. The molecule has 0 amide bonds. The quantitative estimate of drug-likeness (QED) is 0.869. The molecule has 1 aromatic heterocycles. The van der Waals surface area contributed by atoms with Crippen molar-refractivity contribution in [3.05, 3.63) is 45.4 Å². The molecule has 2 rings (SSSR count). The lowest BCUT2D eigenvalue weighted by Gasteiger charge is -2.07. The Balaban J connectivity index is 1.97. The lowest BCUT2D eigenvalue weighted by molar-refractivity contribution is 0.321. The molecule has 0 bridgehead atoms. The van der Waals surface area contributed by atoms with Gasteiger partial charge >= 0.3 is 0 Å². The Kier molecular flexibility index (Phi) is 5.37. The van der Waals surface area contributed by atoms with Crippen LogP contribution in [0.4, 0.5) is 0 Å². The second kappa shape index (κ2) is 7.05. The van der Waals surface area contributed by atoms with Gasteiger partial charge in [0, 0.05) is 17.3 Å². The van der Waals surface area contributed by atoms with Crippen LogP contribution in [0.5, 0.6) is 5.75 Å². The Labute approximate surface area is 131 Å². The van der Waals surface area contributed by atoms with E-state index in [1.54, 1.807) is 11.3 Å².